The van der Waals surface area contributed by atoms with Gasteiger partial charge in [-0.05, 0) is 37.5 Å². The molecular weight excluding hydrogens is 432 g/mol. The summed E-state index contributed by atoms with van der Waals surface area (Å²) in [5, 5.41) is 14.8. The van der Waals surface area contributed by atoms with E-state index in [4.69, 9.17) is 4.74 Å². The Bertz CT molecular complexity index is 995. The highest BCUT2D eigenvalue weighted by molar-refractivity contribution is 7.89. The maximum Gasteiger partial charge on any atom is 0.293 e. The van der Waals surface area contributed by atoms with Gasteiger partial charge in [0.15, 0.2) is 0 Å². The van der Waals surface area contributed by atoms with Crippen molar-refractivity contribution in [3.05, 3.63) is 64.2 Å². The first kappa shape index (κ1) is 24.1. The molecule has 2 aromatic carbocycles. The average Bonchev–Trinajstić information content (AvgIpc) is 2.79. The van der Waals surface area contributed by atoms with E-state index in [1.807, 2.05) is 37.3 Å². The van der Waals surface area contributed by atoms with Crippen molar-refractivity contribution in [2.45, 2.75) is 30.7 Å². The van der Waals surface area contributed by atoms with Crippen LogP contribution in [0, 0.1) is 10.1 Å². The Morgan fingerprint density at radius 1 is 1.16 bits per heavy atom. The predicted molar refractivity (Wildman–Crippen MR) is 123 cm³/mol. The fraction of sp³-hybridized carbons (Fsp3) is 0.455. The van der Waals surface area contributed by atoms with Crippen LogP contribution in [0.25, 0.3) is 0 Å². The van der Waals surface area contributed by atoms with E-state index >= 15 is 0 Å². The van der Waals surface area contributed by atoms with Crippen molar-refractivity contribution in [3.63, 3.8) is 0 Å². The molecule has 1 atom stereocenters. The SMILES string of the molecule is CC(CCc1ccccc1)Nc1ccc(S(=O)(=O)NCCN2CCOCC2)cc1[N+](=O)[O-]. The van der Waals surface area contributed by atoms with Crippen LogP contribution in [0.3, 0.4) is 0 Å². The van der Waals surface area contributed by atoms with Crippen molar-refractivity contribution in [2.75, 3.05) is 44.7 Å². The van der Waals surface area contributed by atoms with Crippen molar-refractivity contribution < 1.29 is 18.1 Å². The van der Waals surface area contributed by atoms with Gasteiger partial charge < -0.3 is 10.1 Å². The Labute approximate surface area is 189 Å². The first-order valence-corrected chi connectivity index (χ1v) is 12.2. The van der Waals surface area contributed by atoms with E-state index in [1.54, 1.807) is 0 Å². The van der Waals surface area contributed by atoms with Gasteiger partial charge in [0.05, 0.1) is 23.0 Å². The molecule has 0 spiro atoms. The van der Waals surface area contributed by atoms with Crippen molar-refractivity contribution in [1.82, 2.24) is 9.62 Å². The fourth-order valence-corrected chi connectivity index (χ4v) is 4.60. The minimum atomic E-state index is -3.85. The molecule has 0 bridgehead atoms. The number of hydrogen-bond acceptors (Lipinski definition) is 7. The first-order chi connectivity index (χ1) is 15.3. The molecule has 0 aliphatic carbocycles. The Kier molecular flexibility index (Phi) is 8.57. The van der Waals surface area contributed by atoms with Crippen molar-refractivity contribution >= 4 is 21.4 Å². The van der Waals surface area contributed by atoms with Crippen LogP contribution in [0.5, 0.6) is 0 Å². The topological polar surface area (TPSA) is 114 Å². The molecule has 10 heteroatoms. The number of hydrogen-bond donors (Lipinski definition) is 2. The van der Waals surface area contributed by atoms with Crippen LogP contribution in [0.4, 0.5) is 11.4 Å². The number of nitrogens with one attached hydrogen (secondary N) is 2. The number of nitro benzene ring substituents is 1. The predicted octanol–water partition coefficient (Wildman–Crippen LogP) is 2.64. The van der Waals surface area contributed by atoms with Gasteiger partial charge in [-0.1, -0.05) is 30.3 Å². The highest BCUT2D eigenvalue weighted by Crippen LogP contribution is 2.28. The van der Waals surface area contributed by atoms with Gasteiger partial charge in [0, 0.05) is 38.3 Å². The second-order valence-corrected chi connectivity index (χ2v) is 9.62. The van der Waals surface area contributed by atoms with Gasteiger partial charge in [0.1, 0.15) is 5.69 Å². The molecule has 1 heterocycles. The third kappa shape index (κ3) is 6.99. The molecule has 174 valence electrons. The number of aryl methyl sites for hydroxylation is 1. The summed E-state index contributed by atoms with van der Waals surface area (Å²) in [4.78, 5) is 13.1. The zero-order valence-corrected chi connectivity index (χ0v) is 19.0. The summed E-state index contributed by atoms with van der Waals surface area (Å²) in [7, 11) is -3.85. The zero-order valence-electron chi connectivity index (χ0n) is 18.2. The molecule has 3 rings (SSSR count). The Morgan fingerprint density at radius 2 is 1.88 bits per heavy atom. The lowest BCUT2D eigenvalue weighted by Crippen LogP contribution is -2.41. The van der Waals surface area contributed by atoms with Gasteiger partial charge in [-0.2, -0.15) is 0 Å². The van der Waals surface area contributed by atoms with Gasteiger partial charge in [-0.3, -0.25) is 15.0 Å². The van der Waals surface area contributed by atoms with Gasteiger partial charge in [-0.25, -0.2) is 13.1 Å². The van der Waals surface area contributed by atoms with E-state index in [2.05, 4.69) is 14.9 Å². The number of ether oxygens (including phenoxy) is 1. The molecule has 1 aliphatic heterocycles. The van der Waals surface area contributed by atoms with Crippen LogP contribution in [0.2, 0.25) is 0 Å². The molecule has 9 nitrogen and oxygen atoms in total. The summed E-state index contributed by atoms with van der Waals surface area (Å²) in [6, 6.07) is 14.0. The minimum absolute atomic E-state index is 0.0250. The van der Waals surface area contributed by atoms with E-state index in [-0.39, 0.29) is 23.2 Å². The number of benzene rings is 2. The zero-order chi connectivity index (χ0) is 23.0. The lowest BCUT2D eigenvalue weighted by molar-refractivity contribution is -0.384. The number of rotatable bonds is 11. The maximum atomic E-state index is 12.6. The third-order valence-corrected chi connectivity index (χ3v) is 6.87. The monoisotopic (exact) mass is 462 g/mol. The molecule has 0 saturated carbocycles. The third-order valence-electron chi connectivity index (χ3n) is 5.41. The Morgan fingerprint density at radius 3 is 2.56 bits per heavy atom. The smallest absolute Gasteiger partial charge is 0.293 e. The largest absolute Gasteiger partial charge is 0.379 e. The highest BCUT2D eigenvalue weighted by Gasteiger charge is 2.22. The normalized spacial score (nSPS) is 15.9. The van der Waals surface area contributed by atoms with Crippen molar-refractivity contribution in [2.24, 2.45) is 0 Å². The van der Waals surface area contributed by atoms with Crippen LogP contribution in [-0.4, -0.2) is 63.7 Å². The van der Waals surface area contributed by atoms with E-state index in [1.165, 1.54) is 17.7 Å². The summed E-state index contributed by atoms with van der Waals surface area (Å²) in [6.07, 6.45) is 1.62. The number of nitro groups is 1. The summed E-state index contributed by atoms with van der Waals surface area (Å²) >= 11 is 0. The van der Waals surface area contributed by atoms with E-state index in [0.717, 1.165) is 32.0 Å². The molecule has 0 amide bonds. The molecule has 0 radical (unpaired) electrons. The molecule has 1 aliphatic rings. The number of nitrogens with zero attached hydrogens (tertiary/aromatic N) is 2. The molecule has 1 unspecified atom stereocenters. The van der Waals surface area contributed by atoms with Gasteiger partial charge in [-0.15, -0.1) is 0 Å². The average molecular weight is 463 g/mol. The van der Waals surface area contributed by atoms with Crippen LogP contribution >= 0.6 is 0 Å². The van der Waals surface area contributed by atoms with E-state index < -0.39 is 14.9 Å². The molecule has 32 heavy (non-hydrogen) atoms. The van der Waals surface area contributed by atoms with E-state index in [0.29, 0.717) is 25.4 Å². The standard InChI is InChI=1S/C22H30N4O5S/c1-18(7-8-19-5-3-2-4-6-19)24-21-10-9-20(17-22(21)26(27)28)32(29,30)23-11-12-25-13-15-31-16-14-25/h2-6,9-10,17-18,23-24H,7-8,11-16H2,1H3. The molecule has 1 fully saturated rings. The van der Waals surface area contributed by atoms with Crippen molar-refractivity contribution in [1.29, 1.82) is 0 Å². The van der Waals surface area contributed by atoms with Crippen LogP contribution < -0.4 is 10.0 Å². The number of sulfonamides is 1. The van der Waals surface area contributed by atoms with Crippen LogP contribution in [0.1, 0.15) is 18.9 Å². The van der Waals surface area contributed by atoms with Gasteiger partial charge in [0.2, 0.25) is 10.0 Å². The summed E-state index contributed by atoms with van der Waals surface area (Å²) in [5.41, 5.74) is 1.25. The molecule has 2 N–H and O–H groups in total. The minimum Gasteiger partial charge on any atom is -0.379 e. The maximum absolute atomic E-state index is 12.6. The number of morpholine rings is 1. The summed E-state index contributed by atoms with van der Waals surface area (Å²) in [5.74, 6) is 0. The molecule has 0 aromatic heterocycles. The lowest BCUT2D eigenvalue weighted by atomic mass is 10.1. The second-order valence-electron chi connectivity index (χ2n) is 7.86. The van der Waals surface area contributed by atoms with E-state index in [9.17, 15) is 18.5 Å². The molecule has 2 aromatic rings. The van der Waals surface area contributed by atoms with Gasteiger partial charge >= 0.3 is 0 Å². The first-order valence-electron chi connectivity index (χ1n) is 10.7. The number of anilines is 1. The van der Waals surface area contributed by atoms with Gasteiger partial charge in [0.25, 0.3) is 5.69 Å². The summed E-state index contributed by atoms with van der Waals surface area (Å²) in [6.45, 7) is 5.53. The highest BCUT2D eigenvalue weighted by atomic mass is 32.2. The summed E-state index contributed by atoms with van der Waals surface area (Å²) < 4.78 is 33.1. The fourth-order valence-electron chi connectivity index (χ4n) is 3.56. The lowest BCUT2D eigenvalue weighted by Gasteiger charge is -2.26. The second kappa shape index (κ2) is 11.4. The quantitative estimate of drug-likeness (QED) is 0.390. The van der Waals surface area contributed by atoms with Crippen LogP contribution in [-0.2, 0) is 21.2 Å². The van der Waals surface area contributed by atoms with Crippen LogP contribution in [0.15, 0.2) is 53.4 Å². The Hall–Kier alpha value is -2.53. The molecular formula is C22H30N4O5S. The Balaban J connectivity index is 1.61. The van der Waals surface area contributed by atoms with Crippen molar-refractivity contribution in [3.8, 4) is 0 Å². The molecule has 1 saturated heterocycles.